The number of thioether (sulfide) groups is 1. The van der Waals surface area contributed by atoms with Crippen LogP contribution in [0.15, 0.2) is 101 Å². The summed E-state index contributed by atoms with van der Waals surface area (Å²) in [5.41, 5.74) is 1.05. The van der Waals surface area contributed by atoms with Crippen molar-refractivity contribution in [1.29, 1.82) is 0 Å². The Morgan fingerprint density at radius 1 is 0.912 bits per heavy atom. The lowest BCUT2D eigenvalue weighted by Gasteiger charge is -2.15. The first kappa shape index (κ1) is 24.1. The highest BCUT2D eigenvalue weighted by Crippen LogP contribution is 2.29. The fourth-order valence-corrected chi connectivity index (χ4v) is 5.62. The van der Waals surface area contributed by atoms with E-state index in [1.165, 1.54) is 23.9 Å². The maximum Gasteiger partial charge on any atom is 0.261 e. The number of sulfonamides is 1. The molecule has 5 nitrogen and oxygen atoms in total. The molecule has 0 aliphatic heterocycles. The van der Waals surface area contributed by atoms with E-state index in [1.54, 1.807) is 30.3 Å². The third kappa shape index (κ3) is 5.73. The van der Waals surface area contributed by atoms with Crippen molar-refractivity contribution in [2.45, 2.75) is 28.4 Å². The zero-order chi connectivity index (χ0) is 24.1. The lowest BCUT2D eigenvalue weighted by molar-refractivity contribution is -0.115. The van der Waals surface area contributed by atoms with Crippen molar-refractivity contribution in [1.82, 2.24) is 0 Å². The molecule has 4 rings (SSSR count). The molecule has 0 aliphatic rings. The van der Waals surface area contributed by atoms with E-state index in [2.05, 4.69) is 10.0 Å². The summed E-state index contributed by atoms with van der Waals surface area (Å²) in [6.45, 7) is 1.95. The largest absolute Gasteiger partial charge is 0.325 e. The first-order chi connectivity index (χ1) is 16.4. The van der Waals surface area contributed by atoms with Gasteiger partial charge in [0.15, 0.2) is 0 Å². The number of rotatable bonds is 8. The van der Waals surface area contributed by atoms with Crippen LogP contribution in [-0.4, -0.2) is 19.6 Å². The minimum atomic E-state index is -3.79. The van der Waals surface area contributed by atoms with Gasteiger partial charge in [-0.15, -0.1) is 11.8 Å². The average Bonchev–Trinajstić information content (AvgIpc) is 2.84. The van der Waals surface area contributed by atoms with Crippen LogP contribution >= 0.6 is 23.4 Å². The molecule has 1 amide bonds. The van der Waals surface area contributed by atoms with E-state index in [0.29, 0.717) is 22.8 Å². The Bertz CT molecular complexity index is 1400. The minimum absolute atomic E-state index is 0.112. The second kappa shape index (κ2) is 10.5. The second-order valence-corrected chi connectivity index (χ2v) is 11.0. The monoisotopic (exact) mass is 510 g/mol. The molecule has 1 atom stereocenters. The molecule has 34 heavy (non-hydrogen) atoms. The number of hydrogen-bond acceptors (Lipinski definition) is 4. The quantitative estimate of drug-likeness (QED) is 0.255. The minimum Gasteiger partial charge on any atom is -0.325 e. The predicted octanol–water partition coefficient (Wildman–Crippen LogP) is 6.80. The van der Waals surface area contributed by atoms with Gasteiger partial charge in [-0.25, -0.2) is 8.42 Å². The Kier molecular flexibility index (Phi) is 7.46. The van der Waals surface area contributed by atoms with Crippen molar-refractivity contribution in [3.63, 3.8) is 0 Å². The molecule has 2 N–H and O–H groups in total. The molecule has 0 saturated heterocycles. The summed E-state index contributed by atoms with van der Waals surface area (Å²) in [5.74, 6) is -0.146. The molecule has 0 aromatic heterocycles. The van der Waals surface area contributed by atoms with Crippen molar-refractivity contribution in [3.8, 4) is 0 Å². The lowest BCUT2D eigenvalue weighted by Crippen LogP contribution is -2.24. The maximum absolute atomic E-state index is 12.9. The van der Waals surface area contributed by atoms with Gasteiger partial charge in [0.1, 0.15) is 0 Å². The zero-order valence-corrected chi connectivity index (χ0v) is 20.8. The van der Waals surface area contributed by atoms with E-state index in [0.717, 1.165) is 15.7 Å². The van der Waals surface area contributed by atoms with Crippen LogP contribution in [0.1, 0.15) is 13.3 Å². The van der Waals surface area contributed by atoms with Crippen LogP contribution in [0.5, 0.6) is 0 Å². The van der Waals surface area contributed by atoms with Crippen molar-refractivity contribution < 1.29 is 13.2 Å². The first-order valence-electron chi connectivity index (χ1n) is 10.7. The number of carbonyl (C=O) groups is 1. The second-order valence-electron chi connectivity index (χ2n) is 7.61. The third-order valence-corrected chi connectivity index (χ3v) is 8.23. The summed E-state index contributed by atoms with van der Waals surface area (Å²) >= 11 is 7.39. The van der Waals surface area contributed by atoms with Gasteiger partial charge in [0, 0.05) is 21.0 Å². The molecule has 0 unspecified atom stereocenters. The van der Waals surface area contributed by atoms with Crippen LogP contribution in [0.25, 0.3) is 10.8 Å². The number of nitrogens with one attached hydrogen (secondary N) is 2. The van der Waals surface area contributed by atoms with Gasteiger partial charge in [-0.1, -0.05) is 54.9 Å². The van der Waals surface area contributed by atoms with Crippen molar-refractivity contribution >= 4 is 61.4 Å². The van der Waals surface area contributed by atoms with Crippen LogP contribution in [-0.2, 0) is 14.8 Å². The van der Waals surface area contributed by atoms with E-state index in [9.17, 15) is 13.2 Å². The van der Waals surface area contributed by atoms with Gasteiger partial charge in [0.2, 0.25) is 5.91 Å². The molecule has 0 bridgehead atoms. The molecule has 4 aromatic carbocycles. The fraction of sp³-hybridized carbons (Fsp3) is 0.115. The summed E-state index contributed by atoms with van der Waals surface area (Å²) in [6.07, 6.45) is 0.639. The lowest BCUT2D eigenvalue weighted by atomic mass is 10.1. The average molecular weight is 511 g/mol. The molecular weight excluding hydrogens is 488 g/mol. The van der Waals surface area contributed by atoms with Gasteiger partial charge in [-0.3, -0.25) is 9.52 Å². The summed E-state index contributed by atoms with van der Waals surface area (Å²) in [4.78, 5) is 13.8. The topological polar surface area (TPSA) is 75.3 Å². The molecular formula is C26H23ClN2O3S2. The maximum atomic E-state index is 12.9. The van der Waals surface area contributed by atoms with E-state index >= 15 is 0 Å². The molecule has 0 radical (unpaired) electrons. The predicted molar refractivity (Wildman–Crippen MR) is 141 cm³/mol. The number of carbonyl (C=O) groups excluding carboxylic acids is 1. The Morgan fingerprint density at radius 3 is 2.29 bits per heavy atom. The van der Waals surface area contributed by atoms with Crippen LogP contribution in [0, 0.1) is 0 Å². The summed E-state index contributed by atoms with van der Waals surface area (Å²) < 4.78 is 28.6. The van der Waals surface area contributed by atoms with Gasteiger partial charge in [0.25, 0.3) is 10.0 Å². The standard InChI is InChI=1S/C26H23ClN2O3S2/c1-2-25(33-21-14-10-19(27)11-15-21)26(30)28-20-12-16-22(17-13-20)34(31,32)29-24-9-5-7-18-6-3-4-8-23(18)24/h3-17,25,29H,2H2,1H3,(H,28,30)/t25-/m1/s1. The molecule has 0 heterocycles. The Hall–Kier alpha value is -3.00. The van der Waals surface area contributed by atoms with Crippen LogP contribution in [0.4, 0.5) is 11.4 Å². The number of fused-ring (bicyclic) bond motifs is 1. The molecule has 174 valence electrons. The first-order valence-corrected chi connectivity index (χ1v) is 13.4. The van der Waals surface area contributed by atoms with Gasteiger partial charge in [-0.2, -0.15) is 0 Å². The molecule has 0 fully saturated rings. The number of anilines is 2. The van der Waals surface area contributed by atoms with Crippen LogP contribution in [0.2, 0.25) is 5.02 Å². The fourth-order valence-electron chi connectivity index (χ4n) is 3.46. The van der Waals surface area contributed by atoms with Crippen molar-refractivity contribution in [2.24, 2.45) is 0 Å². The normalized spacial score (nSPS) is 12.3. The van der Waals surface area contributed by atoms with E-state index < -0.39 is 10.0 Å². The summed E-state index contributed by atoms with van der Waals surface area (Å²) in [6, 6.07) is 26.5. The molecule has 0 aliphatic carbocycles. The summed E-state index contributed by atoms with van der Waals surface area (Å²) in [5, 5.41) is 4.99. The highest BCUT2D eigenvalue weighted by atomic mass is 35.5. The Balaban J connectivity index is 1.45. The van der Waals surface area contributed by atoms with Gasteiger partial charge in [0.05, 0.1) is 15.8 Å². The summed E-state index contributed by atoms with van der Waals surface area (Å²) in [7, 11) is -3.79. The van der Waals surface area contributed by atoms with Gasteiger partial charge < -0.3 is 5.32 Å². The van der Waals surface area contributed by atoms with Gasteiger partial charge >= 0.3 is 0 Å². The number of halogens is 1. The molecule has 0 saturated carbocycles. The van der Waals surface area contributed by atoms with Crippen molar-refractivity contribution in [2.75, 3.05) is 10.0 Å². The number of benzene rings is 4. The zero-order valence-electron chi connectivity index (χ0n) is 18.4. The van der Waals surface area contributed by atoms with Crippen molar-refractivity contribution in [3.05, 3.63) is 96.0 Å². The highest BCUT2D eigenvalue weighted by molar-refractivity contribution is 8.00. The highest BCUT2D eigenvalue weighted by Gasteiger charge is 2.19. The number of amides is 1. The van der Waals surface area contributed by atoms with Gasteiger partial charge in [-0.05, 0) is 66.4 Å². The molecule has 8 heteroatoms. The van der Waals surface area contributed by atoms with E-state index in [-0.39, 0.29) is 16.1 Å². The third-order valence-electron chi connectivity index (χ3n) is 5.22. The smallest absolute Gasteiger partial charge is 0.261 e. The SMILES string of the molecule is CC[C@@H](Sc1ccc(Cl)cc1)C(=O)Nc1ccc(S(=O)(=O)Nc2cccc3ccccc23)cc1. The van der Waals surface area contributed by atoms with Crippen LogP contribution < -0.4 is 10.0 Å². The molecule has 0 spiro atoms. The Morgan fingerprint density at radius 2 is 1.59 bits per heavy atom. The Labute approximate surface area is 208 Å². The van der Waals surface area contributed by atoms with E-state index in [4.69, 9.17) is 11.6 Å². The molecule has 4 aromatic rings. The number of hydrogen-bond donors (Lipinski definition) is 2. The van der Waals surface area contributed by atoms with E-state index in [1.807, 2.05) is 55.5 Å². The van der Waals surface area contributed by atoms with Crippen LogP contribution in [0.3, 0.4) is 0 Å².